The molecule has 0 aliphatic rings. The van der Waals surface area contributed by atoms with Gasteiger partial charge in [0.25, 0.3) is 0 Å². The van der Waals surface area contributed by atoms with Gasteiger partial charge >= 0.3 is 0 Å². The van der Waals surface area contributed by atoms with E-state index in [1.807, 2.05) is 6.92 Å². The second-order valence-corrected chi connectivity index (χ2v) is 3.79. The van der Waals surface area contributed by atoms with E-state index in [2.05, 4.69) is 0 Å². The molecule has 1 aromatic rings. The first-order valence-corrected chi connectivity index (χ1v) is 4.63. The van der Waals surface area contributed by atoms with Crippen LogP contribution in [0, 0.1) is 19.7 Å². The number of aliphatic hydroxyl groups excluding tert-OH is 1. The molecule has 78 valence electrons. The van der Waals surface area contributed by atoms with Gasteiger partial charge in [-0.3, -0.25) is 0 Å². The Labute approximate surface area is 83.6 Å². The second-order valence-electron chi connectivity index (χ2n) is 3.79. The molecule has 0 amide bonds. The Morgan fingerprint density at radius 2 is 1.93 bits per heavy atom. The molecule has 0 unspecified atom stereocenters. The van der Waals surface area contributed by atoms with Crippen LogP contribution < -0.4 is 5.73 Å². The van der Waals surface area contributed by atoms with Crippen molar-refractivity contribution in [1.29, 1.82) is 0 Å². The Morgan fingerprint density at radius 1 is 1.36 bits per heavy atom. The molecule has 2 nitrogen and oxygen atoms in total. The highest BCUT2D eigenvalue weighted by molar-refractivity contribution is 5.32. The SMILES string of the molecule is Cc1cc(C)c(F)c([C@@H](O)[C@H](C)N)c1. The van der Waals surface area contributed by atoms with Crippen molar-refractivity contribution in [3.8, 4) is 0 Å². The maximum absolute atomic E-state index is 13.6. The van der Waals surface area contributed by atoms with Crippen LogP contribution in [0.1, 0.15) is 29.7 Å². The van der Waals surface area contributed by atoms with Gasteiger partial charge in [0.1, 0.15) is 5.82 Å². The minimum Gasteiger partial charge on any atom is -0.387 e. The molecule has 0 radical (unpaired) electrons. The van der Waals surface area contributed by atoms with E-state index in [-0.39, 0.29) is 11.4 Å². The second kappa shape index (κ2) is 4.07. The third-order valence-corrected chi connectivity index (χ3v) is 2.24. The van der Waals surface area contributed by atoms with Crippen molar-refractivity contribution >= 4 is 0 Å². The fraction of sp³-hybridized carbons (Fsp3) is 0.455. The maximum Gasteiger partial charge on any atom is 0.131 e. The lowest BCUT2D eigenvalue weighted by molar-refractivity contribution is 0.148. The summed E-state index contributed by atoms with van der Waals surface area (Å²) in [5, 5.41) is 9.66. The van der Waals surface area contributed by atoms with Crippen molar-refractivity contribution in [3.63, 3.8) is 0 Å². The Kier molecular flexibility index (Phi) is 3.24. The predicted octanol–water partition coefficient (Wildman–Crippen LogP) is 1.82. The van der Waals surface area contributed by atoms with Gasteiger partial charge in [-0.05, 0) is 26.3 Å². The first-order valence-electron chi connectivity index (χ1n) is 4.63. The molecule has 0 aliphatic carbocycles. The molecule has 0 spiro atoms. The number of hydrogen-bond donors (Lipinski definition) is 2. The zero-order valence-electron chi connectivity index (χ0n) is 8.71. The van der Waals surface area contributed by atoms with Crippen molar-refractivity contribution in [2.45, 2.75) is 32.9 Å². The monoisotopic (exact) mass is 197 g/mol. The molecule has 1 aromatic carbocycles. The number of aryl methyl sites for hydroxylation is 2. The minimum atomic E-state index is -0.936. The van der Waals surface area contributed by atoms with Gasteiger partial charge in [0.15, 0.2) is 0 Å². The molecule has 3 heteroatoms. The van der Waals surface area contributed by atoms with Gasteiger partial charge in [0.2, 0.25) is 0 Å². The van der Waals surface area contributed by atoms with Gasteiger partial charge in [0.05, 0.1) is 6.10 Å². The van der Waals surface area contributed by atoms with E-state index < -0.39 is 12.1 Å². The van der Waals surface area contributed by atoms with E-state index in [4.69, 9.17) is 5.73 Å². The zero-order valence-corrected chi connectivity index (χ0v) is 8.71. The number of nitrogens with two attached hydrogens (primary N) is 1. The molecular formula is C11H16FNO. The zero-order chi connectivity index (χ0) is 10.9. The summed E-state index contributed by atoms with van der Waals surface area (Å²) in [5.74, 6) is -0.361. The third kappa shape index (κ3) is 2.11. The largest absolute Gasteiger partial charge is 0.387 e. The van der Waals surface area contributed by atoms with Crippen molar-refractivity contribution in [1.82, 2.24) is 0 Å². The van der Waals surface area contributed by atoms with E-state index in [0.717, 1.165) is 5.56 Å². The average Bonchev–Trinajstić information content (AvgIpc) is 2.09. The molecule has 0 saturated carbocycles. The maximum atomic E-state index is 13.6. The summed E-state index contributed by atoms with van der Waals surface area (Å²) in [4.78, 5) is 0. The highest BCUT2D eigenvalue weighted by Crippen LogP contribution is 2.23. The molecule has 1 rings (SSSR count). The summed E-state index contributed by atoms with van der Waals surface area (Å²) < 4.78 is 13.6. The summed E-state index contributed by atoms with van der Waals surface area (Å²) in [5.41, 5.74) is 7.28. The van der Waals surface area contributed by atoms with Crippen molar-refractivity contribution < 1.29 is 9.50 Å². The molecule has 0 aliphatic heterocycles. The van der Waals surface area contributed by atoms with Gasteiger partial charge in [-0.15, -0.1) is 0 Å². The lowest BCUT2D eigenvalue weighted by Crippen LogP contribution is -2.25. The molecular weight excluding hydrogens is 181 g/mol. The van der Waals surface area contributed by atoms with Crippen molar-refractivity contribution in [2.24, 2.45) is 5.73 Å². The van der Waals surface area contributed by atoms with Crippen molar-refractivity contribution in [3.05, 3.63) is 34.6 Å². The summed E-state index contributed by atoms with van der Waals surface area (Å²) in [6, 6.07) is 2.91. The quantitative estimate of drug-likeness (QED) is 0.759. The van der Waals surface area contributed by atoms with E-state index in [0.29, 0.717) is 5.56 Å². The van der Waals surface area contributed by atoms with Gasteiger partial charge in [-0.1, -0.05) is 17.7 Å². The lowest BCUT2D eigenvalue weighted by Gasteiger charge is -2.17. The predicted molar refractivity (Wildman–Crippen MR) is 54.5 cm³/mol. The molecule has 2 atom stereocenters. The lowest BCUT2D eigenvalue weighted by atomic mass is 9.99. The van der Waals surface area contributed by atoms with Gasteiger partial charge in [0, 0.05) is 11.6 Å². The first-order chi connectivity index (χ1) is 6.43. The number of aliphatic hydroxyl groups is 1. The van der Waals surface area contributed by atoms with E-state index >= 15 is 0 Å². The molecule has 0 fully saturated rings. The third-order valence-electron chi connectivity index (χ3n) is 2.24. The Hall–Kier alpha value is -0.930. The highest BCUT2D eigenvalue weighted by Gasteiger charge is 2.18. The summed E-state index contributed by atoms with van der Waals surface area (Å²) >= 11 is 0. The number of rotatable bonds is 2. The molecule has 14 heavy (non-hydrogen) atoms. The van der Waals surface area contributed by atoms with Gasteiger partial charge in [-0.2, -0.15) is 0 Å². The van der Waals surface area contributed by atoms with Crippen LogP contribution in [-0.2, 0) is 0 Å². The molecule has 3 N–H and O–H groups in total. The molecule has 0 aromatic heterocycles. The van der Waals surface area contributed by atoms with Crippen LogP contribution in [-0.4, -0.2) is 11.1 Å². The Balaban J connectivity index is 3.20. The fourth-order valence-corrected chi connectivity index (χ4v) is 1.48. The van der Waals surface area contributed by atoms with E-state index in [1.54, 1.807) is 26.0 Å². The standard InChI is InChI=1S/C11H16FNO/c1-6-4-7(2)10(12)9(5-6)11(14)8(3)13/h4-5,8,11,14H,13H2,1-3H3/t8-,11-/m0/s1. The van der Waals surface area contributed by atoms with Crippen LogP contribution in [0.25, 0.3) is 0 Å². The van der Waals surface area contributed by atoms with Crippen molar-refractivity contribution in [2.75, 3.05) is 0 Å². The molecule has 0 heterocycles. The van der Waals surface area contributed by atoms with Crippen LogP contribution in [0.4, 0.5) is 4.39 Å². The number of benzene rings is 1. The van der Waals surface area contributed by atoms with E-state index in [1.165, 1.54) is 0 Å². The number of halogens is 1. The first kappa shape index (κ1) is 11.1. The Bertz CT molecular complexity index is 336. The summed E-state index contributed by atoms with van der Waals surface area (Å²) in [6.45, 7) is 5.20. The van der Waals surface area contributed by atoms with Crippen LogP contribution in [0.3, 0.4) is 0 Å². The topological polar surface area (TPSA) is 46.2 Å². The highest BCUT2D eigenvalue weighted by atomic mass is 19.1. The Morgan fingerprint density at radius 3 is 2.43 bits per heavy atom. The van der Waals surface area contributed by atoms with Gasteiger partial charge < -0.3 is 10.8 Å². The van der Waals surface area contributed by atoms with Crippen LogP contribution in [0.2, 0.25) is 0 Å². The molecule has 0 bridgehead atoms. The fourth-order valence-electron chi connectivity index (χ4n) is 1.48. The van der Waals surface area contributed by atoms with Crippen LogP contribution >= 0.6 is 0 Å². The van der Waals surface area contributed by atoms with Crippen LogP contribution in [0.5, 0.6) is 0 Å². The minimum absolute atomic E-state index is 0.289. The van der Waals surface area contributed by atoms with Gasteiger partial charge in [-0.25, -0.2) is 4.39 Å². The van der Waals surface area contributed by atoms with E-state index in [9.17, 15) is 9.50 Å². The van der Waals surface area contributed by atoms with Crippen LogP contribution in [0.15, 0.2) is 12.1 Å². The number of hydrogen-bond acceptors (Lipinski definition) is 2. The smallest absolute Gasteiger partial charge is 0.131 e. The average molecular weight is 197 g/mol. The summed E-state index contributed by atoms with van der Waals surface area (Å²) in [7, 11) is 0. The molecule has 0 saturated heterocycles. The summed E-state index contributed by atoms with van der Waals surface area (Å²) in [6.07, 6.45) is -0.936. The normalized spacial score (nSPS) is 15.3.